The number of hydrogen-bond acceptors (Lipinski definition) is 5. The van der Waals surface area contributed by atoms with Gasteiger partial charge in [-0.3, -0.25) is 15.8 Å². The van der Waals surface area contributed by atoms with Gasteiger partial charge in [-0.1, -0.05) is 23.7 Å². The first kappa shape index (κ1) is 18.0. The molecule has 3 N–H and O–H groups in total. The number of piperazine rings is 1. The van der Waals surface area contributed by atoms with E-state index in [1.165, 1.54) is 18.7 Å². The van der Waals surface area contributed by atoms with Gasteiger partial charge in [0.05, 0.1) is 10.7 Å². The van der Waals surface area contributed by atoms with E-state index >= 15 is 0 Å². The smallest absolute Gasteiger partial charge is 0.0639 e. The van der Waals surface area contributed by atoms with Crippen molar-refractivity contribution in [3.8, 4) is 0 Å². The molecule has 2 atom stereocenters. The molecule has 0 aromatic heterocycles. The number of hydrogen-bond donors (Lipinski definition) is 3. The predicted octanol–water partition coefficient (Wildman–Crippen LogP) is 1.55. The van der Waals surface area contributed by atoms with Gasteiger partial charge in [0.2, 0.25) is 0 Å². The Labute approximate surface area is 150 Å². The van der Waals surface area contributed by atoms with Gasteiger partial charge in [0.25, 0.3) is 0 Å². The maximum atomic E-state index is 6.30. The van der Waals surface area contributed by atoms with E-state index in [-0.39, 0.29) is 0 Å². The molecule has 3 rings (SSSR count). The van der Waals surface area contributed by atoms with Gasteiger partial charge < -0.3 is 10.2 Å². The first-order chi connectivity index (χ1) is 11.7. The molecule has 0 bridgehead atoms. The second kappa shape index (κ2) is 9.02. The minimum Gasteiger partial charge on any atom is -0.368 e. The quantitative estimate of drug-likeness (QED) is 0.650. The van der Waals surface area contributed by atoms with Crippen LogP contribution in [0.25, 0.3) is 0 Å². The Bertz CT molecular complexity index is 504. The Hall–Kier alpha value is -0.850. The standard InChI is InChI=1S/C18H30ClN5/c1-15-16(14-21-22-15)13-20-7-4-8-23-9-11-24(12-10-23)18-6-3-2-5-17(18)19/h2-3,5-6,15-16,20-22H,4,7-14H2,1H3. The molecule has 1 aromatic rings. The van der Waals surface area contributed by atoms with E-state index < -0.39 is 0 Å². The summed E-state index contributed by atoms with van der Waals surface area (Å²) in [6.07, 6.45) is 1.22. The summed E-state index contributed by atoms with van der Waals surface area (Å²) in [5.41, 5.74) is 7.67. The number of hydrazine groups is 1. The molecule has 24 heavy (non-hydrogen) atoms. The number of anilines is 1. The van der Waals surface area contributed by atoms with Gasteiger partial charge in [0.1, 0.15) is 0 Å². The normalized spacial score (nSPS) is 25.3. The molecule has 5 nitrogen and oxygen atoms in total. The van der Waals surface area contributed by atoms with Crippen molar-refractivity contribution in [3.05, 3.63) is 29.3 Å². The molecule has 0 saturated carbocycles. The molecular formula is C18H30ClN5. The van der Waals surface area contributed by atoms with Gasteiger partial charge in [0.15, 0.2) is 0 Å². The second-order valence-electron chi connectivity index (χ2n) is 6.91. The molecule has 2 aliphatic heterocycles. The summed E-state index contributed by atoms with van der Waals surface area (Å²) >= 11 is 6.30. The molecule has 2 fully saturated rings. The minimum absolute atomic E-state index is 0.565. The number of para-hydroxylation sites is 1. The maximum absolute atomic E-state index is 6.30. The van der Waals surface area contributed by atoms with E-state index in [9.17, 15) is 0 Å². The molecule has 6 heteroatoms. The van der Waals surface area contributed by atoms with Crippen LogP contribution in [0.2, 0.25) is 5.02 Å². The summed E-state index contributed by atoms with van der Waals surface area (Å²) in [7, 11) is 0. The van der Waals surface area contributed by atoms with Crippen LogP contribution in [0.15, 0.2) is 24.3 Å². The number of nitrogens with one attached hydrogen (secondary N) is 3. The third-order valence-electron chi connectivity index (χ3n) is 5.20. The molecular weight excluding hydrogens is 322 g/mol. The molecule has 0 amide bonds. The molecule has 1 aromatic carbocycles. The average molecular weight is 352 g/mol. The molecule has 0 radical (unpaired) electrons. The Morgan fingerprint density at radius 1 is 1.21 bits per heavy atom. The molecule has 2 saturated heterocycles. The van der Waals surface area contributed by atoms with Crippen LogP contribution in [-0.4, -0.2) is 63.3 Å². The van der Waals surface area contributed by atoms with Crippen molar-refractivity contribution >= 4 is 17.3 Å². The number of halogens is 1. The Kier molecular flexibility index (Phi) is 6.75. The Balaban J connectivity index is 1.29. The third-order valence-corrected chi connectivity index (χ3v) is 5.52. The largest absolute Gasteiger partial charge is 0.368 e. The first-order valence-corrected chi connectivity index (χ1v) is 9.53. The van der Waals surface area contributed by atoms with Crippen LogP contribution in [0.5, 0.6) is 0 Å². The molecule has 134 valence electrons. The van der Waals surface area contributed by atoms with Gasteiger partial charge in [-0.25, -0.2) is 0 Å². The molecule has 0 aliphatic carbocycles. The van der Waals surface area contributed by atoms with Crippen molar-refractivity contribution in [1.82, 2.24) is 21.1 Å². The van der Waals surface area contributed by atoms with E-state index in [0.29, 0.717) is 12.0 Å². The summed E-state index contributed by atoms with van der Waals surface area (Å²) in [6, 6.07) is 8.72. The Morgan fingerprint density at radius 2 is 2.00 bits per heavy atom. The monoisotopic (exact) mass is 351 g/mol. The highest BCUT2D eigenvalue weighted by Gasteiger charge is 2.22. The van der Waals surface area contributed by atoms with Crippen LogP contribution in [0.1, 0.15) is 13.3 Å². The SMILES string of the molecule is CC1NNCC1CNCCCN1CCN(c2ccccc2Cl)CC1. The lowest BCUT2D eigenvalue weighted by molar-refractivity contribution is 0.253. The van der Waals surface area contributed by atoms with E-state index in [4.69, 9.17) is 11.6 Å². The summed E-state index contributed by atoms with van der Waals surface area (Å²) in [5.74, 6) is 0.698. The Morgan fingerprint density at radius 3 is 2.71 bits per heavy atom. The minimum atomic E-state index is 0.565. The van der Waals surface area contributed by atoms with Crippen LogP contribution in [-0.2, 0) is 0 Å². The molecule has 2 unspecified atom stereocenters. The number of benzene rings is 1. The van der Waals surface area contributed by atoms with E-state index in [1.807, 2.05) is 12.1 Å². The lowest BCUT2D eigenvalue weighted by atomic mass is 10.0. The summed E-state index contributed by atoms with van der Waals surface area (Å²) in [4.78, 5) is 4.97. The predicted molar refractivity (Wildman–Crippen MR) is 102 cm³/mol. The lowest BCUT2D eigenvalue weighted by Crippen LogP contribution is -2.47. The molecule has 2 heterocycles. The highest BCUT2D eigenvalue weighted by molar-refractivity contribution is 6.33. The van der Waals surface area contributed by atoms with Crippen molar-refractivity contribution < 1.29 is 0 Å². The zero-order valence-electron chi connectivity index (χ0n) is 14.6. The summed E-state index contributed by atoms with van der Waals surface area (Å²) in [5, 5.41) is 4.47. The fourth-order valence-corrected chi connectivity index (χ4v) is 3.79. The van der Waals surface area contributed by atoms with Crippen LogP contribution < -0.4 is 21.1 Å². The van der Waals surface area contributed by atoms with Crippen molar-refractivity contribution in [2.45, 2.75) is 19.4 Å². The first-order valence-electron chi connectivity index (χ1n) is 9.15. The van der Waals surface area contributed by atoms with Gasteiger partial charge in [-0.15, -0.1) is 0 Å². The zero-order valence-corrected chi connectivity index (χ0v) is 15.4. The maximum Gasteiger partial charge on any atom is 0.0639 e. The average Bonchev–Trinajstić information content (AvgIpc) is 3.01. The second-order valence-corrected chi connectivity index (χ2v) is 7.32. The highest BCUT2D eigenvalue weighted by atomic mass is 35.5. The van der Waals surface area contributed by atoms with Crippen molar-refractivity contribution in [1.29, 1.82) is 0 Å². The zero-order chi connectivity index (χ0) is 16.8. The van der Waals surface area contributed by atoms with Gasteiger partial charge in [0, 0.05) is 51.2 Å². The van der Waals surface area contributed by atoms with Crippen LogP contribution in [0, 0.1) is 5.92 Å². The lowest BCUT2D eigenvalue weighted by Gasteiger charge is -2.36. The third kappa shape index (κ3) is 4.83. The summed E-state index contributed by atoms with van der Waals surface area (Å²) in [6.45, 7) is 11.1. The topological polar surface area (TPSA) is 42.6 Å². The van der Waals surface area contributed by atoms with Crippen molar-refractivity contribution in [2.24, 2.45) is 5.92 Å². The van der Waals surface area contributed by atoms with Gasteiger partial charge in [-0.2, -0.15) is 0 Å². The van der Waals surface area contributed by atoms with Crippen LogP contribution in [0.4, 0.5) is 5.69 Å². The summed E-state index contributed by atoms with van der Waals surface area (Å²) < 4.78 is 0. The van der Waals surface area contributed by atoms with Crippen molar-refractivity contribution in [3.63, 3.8) is 0 Å². The molecule has 2 aliphatic rings. The van der Waals surface area contributed by atoms with Crippen LogP contribution >= 0.6 is 11.6 Å². The number of nitrogens with zero attached hydrogens (tertiary/aromatic N) is 2. The fourth-order valence-electron chi connectivity index (χ4n) is 3.53. The van der Waals surface area contributed by atoms with Crippen LogP contribution in [0.3, 0.4) is 0 Å². The number of rotatable bonds is 7. The van der Waals surface area contributed by atoms with Crippen molar-refractivity contribution in [2.75, 3.05) is 57.3 Å². The van der Waals surface area contributed by atoms with E-state index in [1.54, 1.807) is 0 Å². The van der Waals surface area contributed by atoms with Gasteiger partial charge >= 0.3 is 0 Å². The highest BCUT2D eigenvalue weighted by Crippen LogP contribution is 2.25. The fraction of sp³-hybridized carbons (Fsp3) is 0.667. The van der Waals surface area contributed by atoms with E-state index in [0.717, 1.165) is 50.8 Å². The van der Waals surface area contributed by atoms with E-state index in [2.05, 4.69) is 45.0 Å². The molecule has 0 spiro atoms. The van der Waals surface area contributed by atoms with Gasteiger partial charge in [-0.05, 0) is 38.6 Å².